The number of ether oxygens (including phenoxy) is 8. The van der Waals surface area contributed by atoms with Crippen LogP contribution in [0.1, 0.15) is 192 Å². The molecule has 82 heavy (non-hydrogen) atoms. The van der Waals surface area contributed by atoms with Crippen molar-refractivity contribution < 1.29 is 57.1 Å². The van der Waals surface area contributed by atoms with E-state index in [9.17, 15) is 19.2 Å². The summed E-state index contributed by atoms with van der Waals surface area (Å²) in [5.74, 6) is 1.23. The van der Waals surface area contributed by atoms with Crippen LogP contribution in [0.25, 0.3) is 10.2 Å². The molecular weight excluding hydrogens is 1060 g/mol. The summed E-state index contributed by atoms with van der Waals surface area (Å²) in [4.78, 5) is 54.0. The lowest BCUT2D eigenvalue weighted by molar-refractivity contribution is -0.159. The Labute approximate surface area is 492 Å². The van der Waals surface area contributed by atoms with Crippen molar-refractivity contribution in [2.75, 3.05) is 51.2 Å². The number of anilines is 1. The standard InChI is InChI=1S/C66H95N3O12S/c1-4-7-8-15-40-69(66-68-59-20-13-14-21-61(59)82-66)67-46-53-45-58(78-47-49-22-30-56(31-23-49)80-64(72)51-26-34-54(35-27-51)74-41-16-9-11-18-43-76-62(70)5-2)38-39-60(53)79-48-50-24-32-57(33-25-50)81-65(73)52-28-36-55(37-29-52)75-42-17-10-12-19-44-77-63(71)6-3/h5-6,13-14,20-21,38-39,45-46,49-52,54-57H,2-4,7-12,15-19,22-37,40-44,47-48H2,1H3/b67-46+. The van der Waals surface area contributed by atoms with Gasteiger partial charge in [0.25, 0.3) is 0 Å². The molecule has 7 rings (SSSR count). The zero-order valence-electron chi connectivity index (χ0n) is 49.2. The number of hydrazone groups is 1. The maximum atomic E-state index is 13.3. The summed E-state index contributed by atoms with van der Waals surface area (Å²) >= 11 is 1.65. The number of hydrogen-bond acceptors (Lipinski definition) is 16. The van der Waals surface area contributed by atoms with E-state index in [1.807, 2.05) is 41.6 Å². The summed E-state index contributed by atoms with van der Waals surface area (Å²) in [6, 6.07) is 14.3. The smallest absolute Gasteiger partial charge is 0.330 e. The van der Waals surface area contributed by atoms with Gasteiger partial charge >= 0.3 is 23.9 Å². The van der Waals surface area contributed by atoms with E-state index in [1.165, 1.54) is 18.6 Å². The summed E-state index contributed by atoms with van der Waals surface area (Å²) in [5, 5.41) is 8.01. The molecule has 0 bridgehead atoms. The van der Waals surface area contributed by atoms with E-state index in [4.69, 9.17) is 48.0 Å². The second-order valence-electron chi connectivity index (χ2n) is 23.1. The number of carbonyl (C=O) groups excluding carboxylic acids is 4. The Morgan fingerprint density at radius 2 is 1.09 bits per heavy atom. The number of benzene rings is 2. The van der Waals surface area contributed by atoms with E-state index in [-0.39, 0.29) is 60.1 Å². The molecule has 4 saturated carbocycles. The van der Waals surface area contributed by atoms with Crippen LogP contribution in [0.5, 0.6) is 11.5 Å². The maximum Gasteiger partial charge on any atom is 0.330 e. The average Bonchev–Trinajstić information content (AvgIpc) is 3.96. The molecule has 0 atom stereocenters. The Morgan fingerprint density at radius 1 is 0.585 bits per heavy atom. The number of aromatic nitrogens is 1. The van der Waals surface area contributed by atoms with Gasteiger partial charge in [0.2, 0.25) is 5.13 Å². The van der Waals surface area contributed by atoms with Crippen LogP contribution in [-0.2, 0) is 47.6 Å². The highest BCUT2D eigenvalue weighted by atomic mass is 32.1. The molecular formula is C66H95N3O12S. The molecule has 16 heteroatoms. The molecule has 4 aliphatic rings. The molecule has 1 aromatic heterocycles. The van der Waals surface area contributed by atoms with Gasteiger partial charge in [-0.3, -0.25) is 9.59 Å². The fourth-order valence-electron chi connectivity index (χ4n) is 11.6. The van der Waals surface area contributed by atoms with Crippen LogP contribution < -0.4 is 14.5 Å². The summed E-state index contributed by atoms with van der Waals surface area (Å²) < 4.78 is 49.0. The third-order valence-electron chi connectivity index (χ3n) is 16.8. The van der Waals surface area contributed by atoms with Gasteiger partial charge in [-0.1, -0.05) is 75.7 Å². The van der Waals surface area contributed by atoms with E-state index >= 15 is 0 Å². The molecule has 15 nitrogen and oxygen atoms in total. The zero-order valence-corrected chi connectivity index (χ0v) is 50.0. The molecule has 2 aromatic carbocycles. The summed E-state index contributed by atoms with van der Waals surface area (Å²) in [7, 11) is 0. The van der Waals surface area contributed by atoms with Gasteiger partial charge in [0.05, 0.1) is 66.9 Å². The molecule has 0 spiro atoms. The van der Waals surface area contributed by atoms with Crippen molar-refractivity contribution in [1.82, 2.24) is 4.98 Å². The minimum Gasteiger partial charge on any atom is -0.493 e. The molecule has 4 fully saturated rings. The fraction of sp³-hybridized carbons (Fsp3) is 0.667. The summed E-state index contributed by atoms with van der Waals surface area (Å²) in [6.45, 7) is 13.2. The van der Waals surface area contributed by atoms with Gasteiger partial charge in [-0.2, -0.15) is 5.10 Å². The lowest BCUT2D eigenvalue weighted by Crippen LogP contribution is -2.32. The minimum absolute atomic E-state index is 0.0531. The van der Waals surface area contributed by atoms with E-state index in [1.54, 1.807) is 11.3 Å². The third-order valence-corrected chi connectivity index (χ3v) is 17.8. The van der Waals surface area contributed by atoms with Gasteiger partial charge in [-0.25, -0.2) is 19.6 Å². The van der Waals surface area contributed by atoms with Crippen LogP contribution in [0.15, 0.2) is 72.9 Å². The van der Waals surface area contributed by atoms with E-state index in [2.05, 4.69) is 32.2 Å². The highest BCUT2D eigenvalue weighted by Crippen LogP contribution is 2.35. The lowest BCUT2D eigenvalue weighted by atomic mass is 9.86. The van der Waals surface area contributed by atoms with Crippen molar-refractivity contribution in [1.29, 1.82) is 0 Å². The molecule has 0 aliphatic heterocycles. The van der Waals surface area contributed by atoms with Crippen molar-refractivity contribution >= 4 is 56.8 Å². The zero-order chi connectivity index (χ0) is 57.6. The Bertz CT molecular complexity index is 2380. The highest BCUT2D eigenvalue weighted by molar-refractivity contribution is 7.22. The molecule has 0 N–H and O–H groups in total. The van der Waals surface area contributed by atoms with E-state index in [0.717, 1.165) is 212 Å². The second kappa shape index (κ2) is 36.4. The summed E-state index contributed by atoms with van der Waals surface area (Å²) in [5.41, 5.74) is 1.81. The number of nitrogens with zero attached hydrogens (tertiary/aromatic N) is 3. The molecule has 0 amide bonds. The van der Waals surface area contributed by atoms with Crippen LogP contribution in [-0.4, -0.2) is 106 Å². The summed E-state index contributed by atoms with van der Waals surface area (Å²) in [6.07, 6.45) is 30.5. The minimum atomic E-state index is -0.372. The van der Waals surface area contributed by atoms with Crippen LogP contribution in [0.3, 0.4) is 0 Å². The third kappa shape index (κ3) is 22.7. The van der Waals surface area contributed by atoms with Crippen LogP contribution in [0.4, 0.5) is 5.13 Å². The van der Waals surface area contributed by atoms with Crippen molar-refractivity contribution in [2.45, 2.75) is 211 Å². The molecule has 0 saturated heterocycles. The van der Waals surface area contributed by atoms with Crippen LogP contribution in [0.2, 0.25) is 0 Å². The molecule has 4 aliphatic carbocycles. The van der Waals surface area contributed by atoms with Crippen molar-refractivity contribution in [3.8, 4) is 11.5 Å². The number of fused-ring (bicyclic) bond motifs is 1. The largest absolute Gasteiger partial charge is 0.493 e. The van der Waals surface area contributed by atoms with Crippen LogP contribution in [0, 0.1) is 23.7 Å². The first-order valence-electron chi connectivity index (χ1n) is 31.5. The van der Waals surface area contributed by atoms with Crippen molar-refractivity contribution in [3.05, 3.63) is 73.3 Å². The second-order valence-corrected chi connectivity index (χ2v) is 24.1. The van der Waals surface area contributed by atoms with Gasteiger partial charge in [-0.15, -0.1) is 0 Å². The van der Waals surface area contributed by atoms with Crippen molar-refractivity contribution in [2.24, 2.45) is 28.8 Å². The topological polar surface area (TPSA) is 171 Å². The van der Waals surface area contributed by atoms with Gasteiger partial charge in [0.15, 0.2) is 0 Å². The maximum absolute atomic E-state index is 13.3. The fourth-order valence-corrected chi connectivity index (χ4v) is 12.6. The number of para-hydroxylation sites is 1. The number of esters is 4. The SMILES string of the molecule is C=CC(=O)OCCCCCCOC1CCC(C(=O)OC2CCC(COc3ccc(OCC4CCC(OC(=O)C5CCC(OCCCCCCOC(=O)C=C)CC5)CC4)c(/C=N/N(CCCCCC)c4nc5ccccc5s4)c3)CC2)CC1. The number of unbranched alkanes of at least 4 members (excludes halogenated alkanes) is 9. The molecule has 0 radical (unpaired) electrons. The van der Waals surface area contributed by atoms with Gasteiger partial charge in [-0.05, 0) is 190 Å². The van der Waals surface area contributed by atoms with Crippen molar-refractivity contribution in [3.63, 3.8) is 0 Å². The predicted molar refractivity (Wildman–Crippen MR) is 322 cm³/mol. The first-order valence-corrected chi connectivity index (χ1v) is 32.3. The van der Waals surface area contributed by atoms with Gasteiger partial charge < -0.3 is 37.9 Å². The van der Waals surface area contributed by atoms with E-state index < -0.39 is 0 Å². The number of thiazole rings is 1. The van der Waals surface area contributed by atoms with Gasteiger partial charge in [0, 0.05) is 37.5 Å². The Morgan fingerprint density at radius 3 is 1.61 bits per heavy atom. The average molecular weight is 1150 g/mol. The number of carbonyl (C=O) groups is 4. The number of hydrogen-bond donors (Lipinski definition) is 0. The Kier molecular flexibility index (Phi) is 28.5. The molecule has 452 valence electrons. The molecule has 3 aromatic rings. The van der Waals surface area contributed by atoms with Crippen LogP contribution >= 0.6 is 11.3 Å². The Hall–Kier alpha value is -5.32. The van der Waals surface area contributed by atoms with E-state index in [0.29, 0.717) is 51.5 Å². The normalized spacial score (nSPS) is 22.9. The first-order chi connectivity index (χ1) is 40.2. The Balaban J connectivity index is 0.845. The lowest BCUT2D eigenvalue weighted by Gasteiger charge is -2.31. The first kappa shape index (κ1) is 64.2. The predicted octanol–water partition coefficient (Wildman–Crippen LogP) is 14.4. The quantitative estimate of drug-likeness (QED) is 0.0134. The monoisotopic (exact) mass is 1150 g/mol. The molecule has 0 unspecified atom stereocenters. The molecule has 1 heterocycles. The highest BCUT2D eigenvalue weighted by Gasteiger charge is 2.33. The van der Waals surface area contributed by atoms with Gasteiger partial charge in [0.1, 0.15) is 23.7 Å². The number of rotatable bonds is 36.